The van der Waals surface area contributed by atoms with Crippen molar-refractivity contribution in [2.24, 2.45) is 0 Å². The Morgan fingerprint density at radius 1 is 1.29 bits per heavy atom. The number of nitrogens with one attached hydrogen (secondary N) is 2. The maximum Gasteiger partial charge on any atom is 0.338 e. The number of hydrogen-bond acceptors (Lipinski definition) is 5. The highest BCUT2D eigenvalue weighted by Crippen LogP contribution is 2.14. The summed E-state index contributed by atoms with van der Waals surface area (Å²) in [5.41, 5.74) is 0.492. The highest BCUT2D eigenvalue weighted by molar-refractivity contribution is 5.94. The van der Waals surface area contributed by atoms with Gasteiger partial charge in [-0.1, -0.05) is 13.0 Å². The van der Waals surface area contributed by atoms with Gasteiger partial charge in [-0.05, 0) is 20.3 Å². The highest BCUT2D eigenvalue weighted by atomic mass is 16.5. The largest absolute Gasteiger partial charge is 0.463 e. The molecule has 0 aromatic heterocycles. The van der Waals surface area contributed by atoms with Crippen LogP contribution in [0.5, 0.6) is 0 Å². The van der Waals surface area contributed by atoms with Crippen molar-refractivity contribution in [3.63, 3.8) is 0 Å². The van der Waals surface area contributed by atoms with Gasteiger partial charge in [0.2, 0.25) is 0 Å². The molecule has 0 fully saturated rings. The van der Waals surface area contributed by atoms with Gasteiger partial charge in [0, 0.05) is 6.08 Å². The van der Waals surface area contributed by atoms with Gasteiger partial charge in [0.25, 0.3) is 0 Å². The van der Waals surface area contributed by atoms with Gasteiger partial charge in [0.05, 0.1) is 23.9 Å². The Morgan fingerprint density at radius 3 is 2.62 bits per heavy atom. The Morgan fingerprint density at radius 2 is 2.00 bits per heavy atom. The van der Waals surface area contributed by atoms with Crippen LogP contribution in [0.15, 0.2) is 23.4 Å². The van der Waals surface area contributed by atoms with Crippen LogP contribution in [-0.4, -0.2) is 37.2 Å². The minimum atomic E-state index is -0.548. The monoisotopic (exact) mass is 296 g/mol. The number of urea groups is 1. The van der Waals surface area contributed by atoms with Crippen LogP contribution in [-0.2, 0) is 19.1 Å². The molecule has 1 heterocycles. The number of esters is 2. The van der Waals surface area contributed by atoms with Gasteiger partial charge >= 0.3 is 18.0 Å². The summed E-state index contributed by atoms with van der Waals surface area (Å²) in [7, 11) is 0. The van der Waals surface area contributed by atoms with Crippen LogP contribution in [0.2, 0.25) is 0 Å². The molecule has 7 nitrogen and oxygen atoms in total. The average molecular weight is 296 g/mol. The zero-order chi connectivity index (χ0) is 15.8. The Labute approximate surface area is 123 Å². The number of allylic oxidation sites excluding steroid dienone is 1. The van der Waals surface area contributed by atoms with Gasteiger partial charge in [-0.25, -0.2) is 14.4 Å². The minimum Gasteiger partial charge on any atom is -0.463 e. The van der Waals surface area contributed by atoms with E-state index in [1.165, 1.54) is 6.08 Å². The predicted octanol–water partition coefficient (Wildman–Crippen LogP) is 1.01. The molecule has 1 rings (SSSR count). The number of carbonyl (C=O) groups is 3. The summed E-state index contributed by atoms with van der Waals surface area (Å²) >= 11 is 0. The Balaban J connectivity index is 2.86. The number of amides is 2. The summed E-state index contributed by atoms with van der Waals surface area (Å²) in [6.07, 6.45) is 3.67. The lowest BCUT2D eigenvalue weighted by Gasteiger charge is -2.26. The van der Waals surface area contributed by atoms with Crippen LogP contribution in [0.1, 0.15) is 27.2 Å². The van der Waals surface area contributed by atoms with E-state index in [-0.39, 0.29) is 24.5 Å². The highest BCUT2D eigenvalue weighted by Gasteiger charge is 2.30. The van der Waals surface area contributed by atoms with E-state index in [9.17, 15) is 14.4 Å². The lowest BCUT2D eigenvalue weighted by molar-refractivity contribution is -0.140. The molecule has 0 saturated carbocycles. The zero-order valence-corrected chi connectivity index (χ0v) is 12.4. The van der Waals surface area contributed by atoms with Crippen molar-refractivity contribution >= 4 is 18.0 Å². The lowest BCUT2D eigenvalue weighted by atomic mass is 10.0. The summed E-state index contributed by atoms with van der Waals surface area (Å²) in [6, 6.07) is -0.969. The minimum absolute atomic E-state index is 0.196. The first-order valence-corrected chi connectivity index (χ1v) is 6.80. The molecule has 0 aromatic rings. The normalized spacial score (nSPS) is 18.2. The Kier molecular flexibility index (Phi) is 6.45. The first-order chi connectivity index (χ1) is 9.99. The van der Waals surface area contributed by atoms with E-state index >= 15 is 0 Å². The van der Waals surface area contributed by atoms with E-state index in [4.69, 9.17) is 9.47 Å². The van der Waals surface area contributed by atoms with Crippen LogP contribution in [0.4, 0.5) is 4.79 Å². The molecule has 7 heteroatoms. The fraction of sp³-hybridized carbons (Fsp3) is 0.500. The van der Waals surface area contributed by atoms with Crippen molar-refractivity contribution in [1.29, 1.82) is 0 Å². The maximum absolute atomic E-state index is 11.9. The maximum atomic E-state index is 11.9. The number of ether oxygens (including phenoxy) is 2. The fourth-order valence-corrected chi connectivity index (χ4v) is 1.80. The van der Waals surface area contributed by atoms with Crippen LogP contribution < -0.4 is 10.6 Å². The molecule has 21 heavy (non-hydrogen) atoms. The Hall–Kier alpha value is -2.31. The molecule has 0 bridgehead atoms. The molecular formula is C14H20N2O5. The molecule has 0 saturated heterocycles. The standard InChI is InChI=1S/C14H20N2O5/c1-4-6-7-11(17)21-8-10-12(13(18)20-5-2)9(3)15-14(19)16-10/h6-7,9H,4-5,8H2,1-3H3,(H2,15,16,19)/b7-6+. The molecule has 0 aromatic carbocycles. The van der Waals surface area contributed by atoms with Crippen LogP contribution in [0.3, 0.4) is 0 Å². The first kappa shape index (κ1) is 16.7. The van der Waals surface area contributed by atoms with Gasteiger partial charge in [0.1, 0.15) is 6.61 Å². The third-order valence-corrected chi connectivity index (χ3v) is 2.71. The Bertz CT molecular complexity index is 482. The van der Waals surface area contributed by atoms with E-state index < -0.39 is 24.0 Å². The summed E-state index contributed by atoms with van der Waals surface area (Å²) in [5, 5.41) is 5.03. The quantitative estimate of drug-likeness (QED) is 0.563. The van der Waals surface area contributed by atoms with Gasteiger partial charge in [-0.2, -0.15) is 0 Å². The van der Waals surface area contributed by atoms with Gasteiger partial charge < -0.3 is 20.1 Å². The second-order valence-electron chi connectivity index (χ2n) is 4.35. The van der Waals surface area contributed by atoms with E-state index in [2.05, 4.69) is 10.6 Å². The zero-order valence-electron chi connectivity index (χ0n) is 12.4. The second kappa shape index (κ2) is 8.08. The topological polar surface area (TPSA) is 93.7 Å². The molecule has 2 N–H and O–H groups in total. The van der Waals surface area contributed by atoms with Gasteiger partial charge in [-0.15, -0.1) is 0 Å². The number of hydrogen-bond donors (Lipinski definition) is 2. The number of carbonyl (C=O) groups excluding carboxylic acids is 3. The first-order valence-electron chi connectivity index (χ1n) is 6.80. The molecule has 0 spiro atoms. The van der Waals surface area contributed by atoms with Crippen molar-refractivity contribution in [3.8, 4) is 0 Å². The van der Waals surface area contributed by atoms with E-state index in [1.54, 1.807) is 19.9 Å². The smallest absolute Gasteiger partial charge is 0.338 e. The van der Waals surface area contributed by atoms with Crippen molar-refractivity contribution < 1.29 is 23.9 Å². The van der Waals surface area contributed by atoms with Crippen LogP contribution in [0.25, 0.3) is 0 Å². The van der Waals surface area contributed by atoms with Crippen molar-refractivity contribution in [2.75, 3.05) is 13.2 Å². The van der Waals surface area contributed by atoms with E-state index in [0.717, 1.165) is 0 Å². The lowest BCUT2D eigenvalue weighted by Crippen LogP contribution is -2.50. The van der Waals surface area contributed by atoms with Crippen molar-refractivity contribution in [1.82, 2.24) is 10.6 Å². The summed E-state index contributed by atoms with van der Waals surface area (Å²) in [5.74, 6) is -1.08. The molecule has 1 unspecified atom stereocenters. The van der Waals surface area contributed by atoms with Gasteiger partial charge in [0.15, 0.2) is 0 Å². The molecule has 0 aliphatic carbocycles. The van der Waals surface area contributed by atoms with E-state index in [0.29, 0.717) is 6.42 Å². The molecule has 0 radical (unpaired) electrons. The second-order valence-corrected chi connectivity index (χ2v) is 4.35. The SMILES string of the molecule is CC/C=C/C(=O)OCC1=C(C(=O)OCC)C(C)NC(=O)N1. The molecule has 1 aliphatic rings. The van der Waals surface area contributed by atoms with Crippen molar-refractivity contribution in [2.45, 2.75) is 33.2 Å². The number of rotatable bonds is 6. The molecule has 1 aliphatic heterocycles. The van der Waals surface area contributed by atoms with Crippen LogP contribution in [0, 0.1) is 0 Å². The fourth-order valence-electron chi connectivity index (χ4n) is 1.80. The summed E-state index contributed by atoms with van der Waals surface area (Å²) < 4.78 is 9.95. The van der Waals surface area contributed by atoms with Gasteiger partial charge in [-0.3, -0.25) is 0 Å². The summed E-state index contributed by atoms with van der Waals surface area (Å²) in [6.45, 7) is 5.25. The molecule has 116 valence electrons. The average Bonchev–Trinajstić information content (AvgIpc) is 2.42. The predicted molar refractivity (Wildman–Crippen MR) is 75.2 cm³/mol. The van der Waals surface area contributed by atoms with E-state index in [1.807, 2.05) is 6.92 Å². The summed E-state index contributed by atoms with van der Waals surface area (Å²) in [4.78, 5) is 34.8. The third kappa shape index (κ3) is 4.94. The molecule has 2 amide bonds. The third-order valence-electron chi connectivity index (χ3n) is 2.71. The molecular weight excluding hydrogens is 276 g/mol. The van der Waals surface area contributed by atoms with Crippen LogP contribution >= 0.6 is 0 Å². The van der Waals surface area contributed by atoms with Crippen molar-refractivity contribution in [3.05, 3.63) is 23.4 Å². The molecule has 1 atom stereocenters.